The standard InChI is InChI=1S/C22H27N3O5/c1-22(2,3)24-20(26)14-30-17-9-6-15(7-10-17)13-23-25-21(27)16-8-11-18(28-4)19(12-16)29-5/h6-13H,14H2,1-5H3,(H,24,26)(H,25,27)/b23-13-. The Balaban J connectivity index is 1.88. The highest BCUT2D eigenvalue weighted by Gasteiger charge is 2.14. The van der Waals surface area contributed by atoms with E-state index < -0.39 is 0 Å². The van der Waals surface area contributed by atoms with Crippen molar-refractivity contribution < 1.29 is 23.8 Å². The molecular weight excluding hydrogens is 386 g/mol. The third-order valence-corrected chi connectivity index (χ3v) is 3.79. The van der Waals surface area contributed by atoms with E-state index in [0.717, 1.165) is 5.56 Å². The second-order valence-corrected chi connectivity index (χ2v) is 7.42. The van der Waals surface area contributed by atoms with E-state index in [1.165, 1.54) is 20.4 Å². The second-order valence-electron chi connectivity index (χ2n) is 7.42. The topological polar surface area (TPSA) is 98.3 Å². The number of carbonyl (C=O) groups excluding carboxylic acids is 2. The van der Waals surface area contributed by atoms with E-state index in [-0.39, 0.29) is 24.0 Å². The summed E-state index contributed by atoms with van der Waals surface area (Å²) in [5, 5.41) is 6.78. The lowest BCUT2D eigenvalue weighted by Gasteiger charge is -2.20. The summed E-state index contributed by atoms with van der Waals surface area (Å²) in [5.74, 6) is 0.991. The van der Waals surface area contributed by atoms with Crippen LogP contribution in [0, 0.1) is 0 Å². The quantitative estimate of drug-likeness (QED) is 0.512. The summed E-state index contributed by atoms with van der Waals surface area (Å²) in [4.78, 5) is 24.0. The first kappa shape index (κ1) is 22.7. The molecule has 2 aromatic carbocycles. The minimum Gasteiger partial charge on any atom is -0.493 e. The number of rotatable bonds is 8. The maximum atomic E-state index is 12.2. The number of ether oxygens (including phenoxy) is 3. The van der Waals surface area contributed by atoms with Crippen molar-refractivity contribution in [3.63, 3.8) is 0 Å². The van der Waals surface area contributed by atoms with Crippen molar-refractivity contribution in [1.82, 2.24) is 10.7 Å². The van der Waals surface area contributed by atoms with Gasteiger partial charge in [0.1, 0.15) is 5.75 Å². The van der Waals surface area contributed by atoms with E-state index in [2.05, 4.69) is 15.8 Å². The number of nitrogens with one attached hydrogen (secondary N) is 2. The van der Waals surface area contributed by atoms with Gasteiger partial charge in [-0.15, -0.1) is 0 Å². The summed E-state index contributed by atoms with van der Waals surface area (Å²) in [5.41, 5.74) is 3.31. The Labute approximate surface area is 176 Å². The molecule has 0 aliphatic rings. The van der Waals surface area contributed by atoms with Gasteiger partial charge < -0.3 is 19.5 Å². The van der Waals surface area contributed by atoms with Crippen LogP contribution < -0.4 is 25.0 Å². The minimum atomic E-state index is -0.378. The third kappa shape index (κ3) is 7.12. The molecule has 2 amide bonds. The minimum absolute atomic E-state index is 0.0634. The maximum absolute atomic E-state index is 12.2. The Kier molecular flexibility index (Phi) is 7.80. The van der Waals surface area contributed by atoms with E-state index in [1.807, 2.05) is 20.8 Å². The predicted molar refractivity (Wildman–Crippen MR) is 114 cm³/mol. The van der Waals surface area contributed by atoms with Crippen LogP contribution in [-0.4, -0.2) is 44.4 Å². The zero-order chi connectivity index (χ0) is 22.1. The average Bonchev–Trinajstić information content (AvgIpc) is 2.71. The highest BCUT2D eigenvalue weighted by Crippen LogP contribution is 2.27. The SMILES string of the molecule is COc1ccc(C(=O)N/N=C\c2ccc(OCC(=O)NC(C)(C)C)cc2)cc1OC. The molecule has 0 fully saturated rings. The Hall–Kier alpha value is -3.55. The van der Waals surface area contributed by atoms with Gasteiger partial charge in [-0.1, -0.05) is 0 Å². The van der Waals surface area contributed by atoms with Gasteiger partial charge in [0, 0.05) is 11.1 Å². The monoisotopic (exact) mass is 413 g/mol. The van der Waals surface area contributed by atoms with E-state index in [9.17, 15) is 9.59 Å². The van der Waals surface area contributed by atoms with Crippen molar-refractivity contribution in [2.24, 2.45) is 5.10 Å². The van der Waals surface area contributed by atoms with Crippen molar-refractivity contribution in [2.75, 3.05) is 20.8 Å². The number of methoxy groups -OCH3 is 2. The Bertz CT molecular complexity index is 902. The van der Waals surface area contributed by atoms with Crippen molar-refractivity contribution in [3.8, 4) is 17.2 Å². The molecule has 0 unspecified atom stereocenters. The molecule has 2 N–H and O–H groups in total. The fraction of sp³-hybridized carbons (Fsp3) is 0.318. The maximum Gasteiger partial charge on any atom is 0.271 e. The lowest BCUT2D eigenvalue weighted by atomic mass is 10.1. The van der Waals surface area contributed by atoms with E-state index in [4.69, 9.17) is 14.2 Å². The molecule has 0 heterocycles. The van der Waals surface area contributed by atoms with Crippen LogP contribution in [0.1, 0.15) is 36.7 Å². The molecule has 0 spiro atoms. The summed E-state index contributed by atoms with van der Waals surface area (Å²) in [6.45, 7) is 5.65. The molecule has 0 aliphatic heterocycles. The van der Waals surface area contributed by atoms with Crippen molar-refractivity contribution in [3.05, 3.63) is 53.6 Å². The average molecular weight is 413 g/mol. The van der Waals surface area contributed by atoms with Gasteiger partial charge in [0.25, 0.3) is 11.8 Å². The van der Waals surface area contributed by atoms with Crippen LogP contribution in [0.3, 0.4) is 0 Å². The lowest BCUT2D eigenvalue weighted by Crippen LogP contribution is -2.43. The smallest absolute Gasteiger partial charge is 0.271 e. The van der Waals surface area contributed by atoms with Crippen molar-refractivity contribution in [2.45, 2.75) is 26.3 Å². The Morgan fingerprint density at radius 3 is 2.27 bits per heavy atom. The fourth-order valence-corrected chi connectivity index (χ4v) is 2.46. The van der Waals surface area contributed by atoms with Crippen molar-refractivity contribution >= 4 is 18.0 Å². The van der Waals surface area contributed by atoms with Gasteiger partial charge in [-0.05, 0) is 68.8 Å². The lowest BCUT2D eigenvalue weighted by molar-refractivity contribution is -0.124. The molecular formula is C22H27N3O5. The van der Waals surface area contributed by atoms with Crippen LogP contribution in [-0.2, 0) is 4.79 Å². The number of amides is 2. The summed E-state index contributed by atoms with van der Waals surface area (Å²) < 4.78 is 15.8. The third-order valence-electron chi connectivity index (χ3n) is 3.79. The van der Waals surface area contributed by atoms with E-state index in [0.29, 0.717) is 22.8 Å². The number of carbonyl (C=O) groups is 2. The molecule has 0 radical (unpaired) electrons. The molecule has 8 heteroatoms. The Morgan fingerprint density at radius 1 is 1.00 bits per heavy atom. The molecule has 8 nitrogen and oxygen atoms in total. The Morgan fingerprint density at radius 2 is 1.67 bits per heavy atom. The number of hydrogen-bond acceptors (Lipinski definition) is 6. The number of hydrogen-bond donors (Lipinski definition) is 2. The first-order valence-electron chi connectivity index (χ1n) is 9.31. The second kappa shape index (κ2) is 10.3. The molecule has 0 aromatic heterocycles. The zero-order valence-electron chi connectivity index (χ0n) is 17.8. The van der Waals surface area contributed by atoms with Gasteiger partial charge in [0.2, 0.25) is 0 Å². The normalized spacial score (nSPS) is 11.1. The van der Waals surface area contributed by atoms with Crippen molar-refractivity contribution in [1.29, 1.82) is 0 Å². The summed E-state index contributed by atoms with van der Waals surface area (Å²) in [7, 11) is 3.03. The summed E-state index contributed by atoms with van der Waals surface area (Å²) in [6.07, 6.45) is 1.51. The molecule has 160 valence electrons. The van der Waals surface area contributed by atoms with Gasteiger partial charge in [-0.3, -0.25) is 9.59 Å². The number of benzene rings is 2. The first-order chi connectivity index (χ1) is 14.2. The fourth-order valence-electron chi connectivity index (χ4n) is 2.46. The van der Waals surface area contributed by atoms with Crippen LogP contribution in [0.2, 0.25) is 0 Å². The van der Waals surface area contributed by atoms with Crippen LogP contribution in [0.5, 0.6) is 17.2 Å². The molecule has 0 atom stereocenters. The van der Waals surface area contributed by atoms with E-state index >= 15 is 0 Å². The molecule has 0 saturated heterocycles. The largest absolute Gasteiger partial charge is 0.493 e. The molecule has 0 bridgehead atoms. The highest BCUT2D eigenvalue weighted by atomic mass is 16.5. The zero-order valence-corrected chi connectivity index (χ0v) is 17.8. The van der Waals surface area contributed by atoms with Crippen LogP contribution in [0.4, 0.5) is 0 Å². The number of nitrogens with zero attached hydrogens (tertiary/aromatic N) is 1. The summed E-state index contributed by atoms with van der Waals surface area (Å²) in [6, 6.07) is 11.8. The molecule has 0 aliphatic carbocycles. The predicted octanol–water partition coefficient (Wildman–Crippen LogP) is 2.76. The van der Waals surface area contributed by atoms with Gasteiger partial charge in [-0.25, -0.2) is 5.43 Å². The van der Waals surface area contributed by atoms with Gasteiger partial charge in [0.15, 0.2) is 18.1 Å². The first-order valence-corrected chi connectivity index (χ1v) is 9.31. The molecule has 30 heavy (non-hydrogen) atoms. The van der Waals surface area contributed by atoms with Gasteiger partial charge in [-0.2, -0.15) is 5.10 Å². The molecule has 2 aromatic rings. The number of hydrazone groups is 1. The van der Waals surface area contributed by atoms with Gasteiger partial charge >= 0.3 is 0 Å². The van der Waals surface area contributed by atoms with Crippen LogP contribution in [0.15, 0.2) is 47.6 Å². The van der Waals surface area contributed by atoms with Crippen LogP contribution >= 0.6 is 0 Å². The van der Waals surface area contributed by atoms with E-state index in [1.54, 1.807) is 42.5 Å². The summed E-state index contributed by atoms with van der Waals surface area (Å²) >= 11 is 0. The highest BCUT2D eigenvalue weighted by molar-refractivity contribution is 5.95. The van der Waals surface area contributed by atoms with Crippen LogP contribution in [0.25, 0.3) is 0 Å². The molecule has 2 rings (SSSR count). The van der Waals surface area contributed by atoms with Gasteiger partial charge in [0.05, 0.1) is 20.4 Å². The molecule has 0 saturated carbocycles.